The van der Waals surface area contributed by atoms with Gasteiger partial charge in [-0.3, -0.25) is 9.69 Å². The van der Waals surface area contributed by atoms with E-state index in [4.69, 9.17) is 0 Å². The average molecular weight is 461 g/mol. The third kappa shape index (κ3) is 5.53. The number of aromatic nitrogens is 3. The molecule has 5 nitrogen and oxygen atoms in total. The van der Waals surface area contributed by atoms with Crippen molar-refractivity contribution in [3.8, 4) is 0 Å². The Balaban J connectivity index is 0.00000272. The molecule has 2 heterocycles. The summed E-state index contributed by atoms with van der Waals surface area (Å²) in [5.41, 5.74) is 0.956. The average Bonchev–Trinajstić information content (AvgIpc) is 3.40. The van der Waals surface area contributed by atoms with E-state index in [2.05, 4.69) is 9.97 Å². The van der Waals surface area contributed by atoms with Crippen LogP contribution in [0.4, 0.5) is 13.9 Å². The molecule has 0 saturated carbocycles. The lowest BCUT2D eigenvalue weighted by molar-refractivity contribution is -0.114. The Morgan fingerprint density at radius 3 is 2.74 bits per heavy atom. The molecule has 9 heteroatoms. The summed E-state index contributed by atoms with van der Waals surface area (Å²) < 4.78 is 30.0. The van der Waals surface area contributed by atoms with Crippen molar-refractivity contribution < 1.29 is 13.6 Å². The van der Waals surface area contributed by atoms with Crippen molar-refractivity contribution in [1.29, 1.82) is 0 Å². The fourth-order valence-corrected chi connectivity index (χ4v) is 4.05. The van der Waals surface area contributed by atoms with Crippen molar-refractivity contribution >= 4 is 51.1 Å². The van der Waals surface area contributed by atoms with Gasteiger partial charge in [0.1, 0.15) is 11.3 Å². The van der Waals surface area contributed by atoms with Crippen LogP contribution in [-0.4, -0.2) is 27.0 Å². The number of thiazole rings is 1. The van der Waals surface area contributed by atoms with Gasteiger partial charge in [-0.15, -0.1) is 12.4 Å². The number of carbonyl (C=O) groups excluding carboxylic acids is 1. The monoisotopic (exact) mass is 460 g/mol. The molecular formula is C22H19ClF2N4OS. The first-order chi connectivity index (χ1) is 14.6. The predicted octanol–water partition coefficient (Wildman–Crippen LogP) is 5.33. The van der Waals surface area contributed by atoms with Gasteiger partial charge in [-0.2, -0.15) is 0 Å². The Morgan fingerprint density at radius 2 is 2.00 bits per heavy atom. The van der Waals surface area contributed by atoms with Crippen LogP contribution in [0, 0.1) is 11.6 Å². The number of carbonyl (C=O) groups is 1. The van der Waals surface area contributed by atoms with Crippen LogP contribution in [0.25, 0.3) is 16.3 Å². The van der Waals surface area contributed by atoms with E-state index in [1.165, 1.54) is 17.0 Å². The molecule has 0 N–H and O–H groups in total. The van der Waals surface area contributed by atoms with Crippen LogP contribution in [-0.2, 0) is 11.3 Å². The molecule has 1 amide bonds. The van der Waals surface area contributed by atoms with Crippen molar-refractivity contribution in [1.82, 2.24) is 14.5 Å². The van der Waals surface area contributed by atoms with Crippen LogP contribution in [0.2, 0.25) is 0 Å². The van der Waals surface area contributed by atoms with Crippen LogP contribution >= 0.6 is 23.7 Å². The van der Waals surface area contributed by atoms with Crippen molar-refractivity contribution in [2.45, 2.75) is 13.0 Å². The number of halogens is 3. The standard InChI is InChI=1S/C22H18F2N4OS.ClH/c23-17-13-18(24)21-19(14-17)30-22(26-21)28(11-4-10-27-12-9-25-15-27)20(29)8-7-16-5-2-1-3-6-16;/h1-3,5-9,12-15H,4,10-11H2;1H/b8-7+;. The number of benzene rings is 2. The molecule has 0 aliphatic carbocycles. The number of aryl methyl sites for hydroxylation is 1. The minimum atomic E-state index is -0.738. The summed E-state index contributed by atoms with van der Waals surface area (Å²) >= 11 is 1.09. The number of nitrogens with zero attached hydrogens (tertiary/aromatic N) is 4. The van der Waals surface area contributed by atoms with Crippen molar-refractivity contribution in [2.75, 3.05) is 11.4 Å². The molecule has 0 aliphatic heterocycles. The van der Waals surface area contributed by atoms with Gasteiger partial charge in [0.25, 0.3) is 5.91 Å². The third-order valence-corrected chi connectivity index (χ3v) is 5.50. The normalized spacial score (nSPS) is 11.0. The third-order valence-electron chi connectivity index (χ3n) is 4.47. The summed E-state index contributed by atoms with van der Waals surface area (Å²) in [5.74, 6) is -1.68. The summed E-state index contributed by atoms with van der Waals surface area (Å²) in [6, 6.07) is 11.5. The van der Waals surface area contributed by atoms with Gasteiger partial charge in [-0.1, -0.05) is 41.7 Å². The second-order valence-electron chi connectivity index (χ2n) is 6.62. The van der Waals surface area contributed by atoms with E-state index in [9.17, 15) is 13.6 Å². The van der Waals surface area contributed by atoms with E-state index in [1.807, 2.05) is 41.1 Å². The summed E-state index contributed by atoms with van der Waals surface area (Å²) in [4.78, 5) is 22.7. The number of fused-ring (bicyclic) bond motifs is 1. The molecule has 31 heavy (non-hydrogen) atoms. The maximum Gasteiger partial charge on any atom is 0.252 e. The lowest BCUT2D eigenvalue weighted by atomic mass is 10.2. The van der Waals surface area contributed by atoms with E-state index in [1.54, 1.807) is 18.6 Å². The minimum Gasteiger partial charge on any atom is -0.337 e. The van der Waals surface area contributed by atoms with Crippen LogP contribution in [0.5, 0.6) is 0 Å². The number of hydrogen-bond acceptors (Lipinski definition) is 4. The smallest absolute Gasteiger partial charge is 0.252 e. The molecule has 0 saturated heterocycles. The van der Waals surface area contributed by atoms with E-state index in [0.717, 1.165) is 23.0 Å². The minimum absolute atomic E-state index is 0. The molecule has 2 aromatic carbocycles. The lowest BCUT2D eigenvalue weighted by Crippen LogP contribution is -2.30. The molecule has 0 atom stereocenters. The summed E-state index contributed by atoms with van der Waals surface area (Å²) in [7, 11) is 0. The highest BCUT2D eigenvalue weighted by atomic mass is 35.5. The first kappa shape index (κ1) is 22.6. The van der Waals surface area contributed by atoms with Crippen molar-refractivity contribution in [2.24, 2.45) is 0 Å². The Bertz CT molecular complexity index is 1180. The van der Waals surface area contributed by atoms with Gasteiger partial charge in [0.2, 0.25) is 0 Å². The topological polar surface area (TPSA) is 51.0 Å². The molecule has 160 valence electrons. The molecule has 4 aromatic rings. The van der Waals surface area contributed by atoms with Gasteiger partial charge >= 0.3 is 0 Å². The van der Waals surface area contributed by atoms with Gasteiger partial charge in [0, 0.05) is 37.6 Å². The molecule has 0 spiro atoms. The zero-order valence-corrected chi connectivity index (χ0v) is 18.0. The van der Waals surface area contributed by atoms with E-state index < -0.39 is 11.6 Å². The lowest BCUT2D eigenvalue weighted by Gasteiger charge is -2.18. The zero-order valence-electron chi connectivity index (χ0n) is 16.3. The highest BCUT2D eigenvalue weighted by Gasteiger charge is 2.19. The molecular weight excluding hydrogens is 442 g/mol. The summed E-state index contributed by atoms with van der Waals surface area (Å²) in [5, 5.41) is 0.336. The van der Waals surface area contributed by atoms with Gasteiger partial charge < -0.3 is 4.57 Å². The number of rotatable bonds is 7. The number of imidazole rings is 1. The van der Waals surface area contributed by atoms with Gasteiger partial charge in [-0.05, 0) is 24.1 Å². The van der Waals surface area contributed by atoms with Crippen LogP contribution < -0.4 is 4.90 Å². The first-order valence-electron chi connectivity index (χ1n) is 9.36. The van der Waals surface area contributed by atoms with Gasteiger partial charge in [0.05, 0.1) is 11.0 Å². The Labute approximate surface area is 188 Å². The number of hydrogen-bond donors (Lipinski definition) is 0. The zero-order chi connectivity index (χ0) is 20.9. The molecule has 0 aliphatic rings. The van der Waals surface area contributed by atoms with Crippen LogP contribution in [0.15, 0.2) is 67.3 Å². The molecule has 0 bridgehead atoms. The summed E-state index contributed by atoms with van der Waals surface area (Å²) in [6.45, 7) is 1.04. The first-order valence-corrected chi connectivity index (χ1v) is 10.2. The number of amides is 1. The molecule has 0 radical (unpaired) electrons. The Morgan fingerprint density at radius 1 is 1.19 bits per heavy atom. The van der Waals surface area contributed by atoms with Gasteiger partial charge in [-0.25, -0.2) is 18.7 Å². The highest BCUT2D eigenvalue weighted by Crippen LogP contribution is 2.31. The van der Waals surface area contributed by atoms with Crippen LogP contribution in [0.3, 0.4) is 0 Å². The second-order valence-corrected chi connectivity index (χ2v) is 7.63. The fraction of sp³-hybridized carbons (Fsp3) is 0.136. The quantitative estimate of drug-likeness (QED) is 0.350. The van der Waals surface area contributed by atoms with Crippen molar-refractivity contribution in [3.63, 3.8) is 0 Å². The maximum atomic E-state index is 14.1. The van der Waals surface area contributed by atoms with E-state index in [0.29, 0.717) is 29.3 Å². The molecule has 0 fully saturated rings. The molecule has 0 unspecified atom stereocenters. The highest BCUT2D eigenvalue weighted by molar-refractivity contribution is 7.22. The number of anilines is 1. The fourth-order valence-electron chi connectivity index (χ4n) is 3.01. The Hall–Kier alpha value is -3.10. The van der Waals surface area contributed by atoms with Crippen molar-refractivity contribution in [3.05, 3.63) is 84.5 Å². The van der Waals surface area contributed by atoms with Crippen LogP contribution in [0.1, 0.15) is 12.0 Å². The molecule has 2 aromatic heterocycles. The largest absolute Gasteiger partial charge is 0.337 e. The van der Waals surface area contributed by atoms with E-state index >= 15 is 0 Å². The van der Waals surface area contributed by atoms with E-state index in [-0.39, 0.29) is 23.8 Å². The molecule has 4 rings (SSSR count). The Kier molecular flexibility index (Phi) is 7.49. The summed E-state index contributed by atoms with van der Waals surface area (Å²) in [6.07, 6.45) is 9.08. The van der Waals surface area contributed by atoms with Gasteiger partial charge in [0.15, 0.2) is 10.9 Å². The maximum absolute atomic E-state index is 14.1. The SMILES string of the molecule is Cl.O=C(/C=C/c1ccccc1)N(CCCn1ccnc1)c1nc2c(F)cc(F)cc2s1. The predicted molar refractivity (Wildman–Crippen MR) is 121 cm³/mol. The second kappa shape index (κ2) is 10.3.